The molecular formula is C16H26N2O2S. The number of nitrogen functional groups attached to an aromatic ring is 1. The Morgan fingerprint density at radius 3 is 2.14 bits per heavy atom. The van der Waals surface area contributed by atoms with E-state index in [-0.39, 0.29) is 10.9 Å². The molecule has 1 fully saturated rings. The molecule has 0 amide bonds. The number of benzene rings is 1. The number of sulfonamides is 1. The molecule has 0 unspecified atom stereocenters. The number of anilines is 1. The van der Waals surface area contributed by atoms with Crippen molar-refractivity contribution in [3.05, 3.63) is 23.3 Å². The van der Waals surface area contributed by atoms with Crippen LogP contribution in [0.15, 0.2) is 17.0 Å². The Labute approximate surface area is 128 Å². The van der Waals surface area contributed by atoms with E-state index in [0.717, 1.165) is 31.2 Å². The summed E-state index contributed by atoms with van der Waals surface area (Å²) in [7, 11) is -3.55. The molecule has 1 aliphatic rings. The van der Waals surface area contributed by atoms with Gasteiger partial charge in [0.25, 0.3) is 0 Å². The first kappa shape index (κ1) is 16.3. The first-order chi connectivity index (χ1) is 9.92. The molecule has 3 N–H and O–H groups in total. The third-order valence-corrected chi connectivity index (χ3v) is 6.03. The molecule has 0 spiro atoms. The lowest BCUT2D eigenvalue weighted by atomic mass is 9.97. The minimum atomic E-state index is -3.55. The highest BCUT2D eigenvalue weighted by atomic mass is 32.2. The largest absolute Gasteiger partial charge is 0.397 e. The van der Waals surface area contributed by atoms with Crippen LogP contribution < -0.4 is 10.5 Å². The van der Waals surface area contributed by atoms with Crippen LogP contribution in [0, 0.1) is 13.8 Å². The molecule has 1 aromatic carbocycles. The summed E-state index contributed by atoms with van der Waals surface area (Å²) in [5, 5.41) is 0. The van der Waals surface area contributed by atoms with E-state index in [2.05, 4.69) is 4.72 Å². The summed E-state index contributed by atoms with van der Waals surface area (Å²) in [6.07, 6.45) is 7.69. The van der Waals surface area contributed by atoms with Gasteiger partial charge in [0, 0.05) is 6.04 Å². The van der Waals surface area contributed by atoms with Crippen LogP contribution in [0.25, 0.3) is 0 Å². The molecule has 0 aliphatic heterocycles. The monoisotopic (exact) mass is 310 g/mol. The summed E-state index contributed by atoms with van der Waals surface area (Å²) >= 11 is 0. The minimum absolute atomic E-state index is 0.0367. The van der Waals surface area contributed by atoms with Crippen molar-refractivity contribution in [2.75, 3.05) is 5.73 Å². The second-order valence-electron chi connectivity index (χ2n) is 6.11. The van der Waals surface area contributed by atoms with Crippen molar-refractivity contribution in [1.29, 1.82) is 0 Å². The Morgan fingerprint density at radius 1 is 1.00 bits per heavy atom. The summed E-state index contributed by atoms with van der Waals surface area (Å²) in [4.78, 5) is 0.254. The number of nitrogens with two attached hydrogens (primary N) is 1. The third-order valence-electron chi connectivity index (χ3n) is 4.31. The Kier molecular flexibility index (Phi) is 5.27. The van der Waals surface area contributed by atoms with Gasteiger partial charge in [0.2, 0.25) is 10.0 Å². The fraction of sp³-hybridized carbons (Fsp3) is 0.625. The van der Waals surface area contributed by atoms with Crippen LogP contribution in [0.1, 0.15) is 56.1 Å². The molecule has 0 radical (unpaired) electrons. The molecule has 1 aromatic rings. The van der Waals surface area contributed by atoms with Gasteiger partial charge in [-0.1, -0.05) is 44.2 Å². The predicted octanol–water partition coefficient (Wildman–Crippen LogP) is 3.28. The van der Waals surface area contributed by atoms with Gasteiger partial charge in [-0.05, 0) is 37.8 Å². The van der Waals surface area contributed by atoms with E-state index in [4.69, 9.17) is 5.73 Å². The molecule has 0 atom stereocenters. The summed E-state index contributed by atoms with van der Waals surface area (Å²) in [6, 6.07) is 3.72. The molecule has 4 nitrogen and oxygen atoms in total. The second-order valence-corrected chi connectivity index (χ2v) is 7.76. The quantitative estimate of drug-likeness (QED) is 0.842. The Hall–Kier alpha value is -1.07. The zero-order valence-electron chi connectivity index (χ0n) is 13.0. The van der Waals surface area contributed by atoms with E-state index in [9.17, 15) is 8.42 Å². The van der Waals surface area contributed by atoms with Crippen LogP contribution in [0.4, 0.5) is 5.69 Å². The van der Waals surface area contributed by atoms with Crippen molar-refractivity contribution in [3.8, 4) is 0 Å². The van der Waals surface area contributed by atoms with Crippen molar-refractivity contribution >= 4 is 15.7 Å². The second kappa shape index (κ2) is 6.79. The highest BCUT2D eigenvalue weighted by molar-refractivity contribution is 7.89. The van der Waals surface area contributed by atoms with Gasteiger partial charge < -0.3 is 5.73 Å². The molecule has 0 saturated heterocycles. The maximum Gasteiger partial charge on any atom is 0.243 e. The van der Waals surface area contributed by atoms with Crippen LogP contribution in [-0.2, 0) is 10.0 Å². The average molecular weight is 310 g/mol. The zero-order valence-corrected chi connectivity index (χ0v) is 13.8. The fourth-order valence-electron chi connectivity index (χ4n) is 3.02. The van der Waals surface area contributed by atoms with Gasteiger partial charge in [-0.2, -0.15) is 0 Å². The summed E-state index contributed by atoms with van der Waals surface area (Å²) in [5.74, 6) is 0. The van der Waals surface area contributed by atoms with Gasteiger partial charge in [-0.25, -0.2) is 13.1 Å². The zero-order chi connectivity index (χ0) is 15.5. The van der Waals surface area contributed by atoms with Crippen LogP contribution in [0.5, 0.6) is 0 Å². The molecule has 5 heteroatoms. The van der Waals surface area contributed by atoms with Crippen molar-refractivity contribution < 1.29 is 8.42 Å². The summed E-state index contributed by atoms with van der Waals surface area (Å²) in [5.41, 5.74) is 7.89. The van der Waals surface area contributed by atoms with Crippen molar-refractivity contribution in [2.24, 2.45) is 0 Å². The molecule has 0 aromatic heterocycles. The van der Waals surface area contributed by atoms with Gasteiger partial charge in [0.1, 0.15) is 4.90 Å². The molecule has 2 rings (SSSR count). The van der Waals surface area contributed by atoms with Crippen LogP contribution in [0.3, 0.4) is 0 Å². The Balaban J connectivity index is 2.23. The highest BCUT2D eigenvalue weighted by Crippen LogP contribution is 2.27. The topological polar surface area (TPSA) is 72.2 Å². The smallest absolute Gasteiger partial charge is 0.243 e. The lowest BCUT2D eigenvalue weighted by molar-refractivity contribution is 0.426. The number of aryl methyl sites for hydroxylation is 2. The van der Waals surface area contributed by atoms with E-state index in [0.29, 0.717) is 11.3 Å². The maximum atomic E-state index is 12.7. The van der Waals surface area contributed by atoms with Gasteiger partial charge in [0.05, 0.1) is 5.69 Å². The van der Waals surface area contributed by atoms with Crippen LogP contribution in [0.2, 0.25) is 0 Å². The van der Waals surface area contributed by atoms with E-state index >= 15 is 0 Å². The number of hydrogen-bond acceptors (Lipinski definition) is 3. The fourth-order valence-corrected chi connectivity index (χ4v) is 4.75. The summed E-state index contributed by atoms with van der Waals surface area (Å²) in [6.45, 7) is 3.63. The molecule has 0 bridgehead atoms. The highest BCUT2D eigenvalue weighted by Gasteiger charge is 2.25. The first-order valence-corrected chi connectivity index (χ1v) is 9.28. The minimum Gasteiger partial charge on any atom is -0.397 e. The van der Waals surface area contributed by atoms with E-state index in [1.165, 1.54) is 19.3 Å². The molecular weight excluding hydrogens is 284 g/mol. The van der Waals surface area contributed by atoms with Gasteiger partial charge in [-0.15, -0.1) is 0 Å². The summed E-state index contributed by atoms with van der Waals surface area (Å²) < 4.78 is 28.3. The van der Waals surface area contributed by atoms with E-state index in [1.807, 2.05) is 19.1 Å². The van der Waals surface area contributed by atoms with Gasteiger partial charge in [-0.3, -0.25) is 0 Å². The Bertz CT molecular complexity index is 589. The van der Waals surface area contributed by atoms with Crippen molar-refractivity contribution in [3.63, 3.8) is 0 Å². The van der Waals surface area contributed by atoms with Crippen molar-refractivity contribution in [2.45, 2.75) is 69.7 Å². The van der Waals surface area contributed by atoms with Gasteiger partial charge in [0.15, 0.2) is 0 Å². The normalized spacial score (nSPS) is 18.2. The average Bonchev–Trinajstić information content (AvgIpc) is 2.37. The molecule has 1 aliphatic carbocycles. The van der Waals surface area contributed by atoms with E-state index < -0.39 is 10.0 Å². The Morgan fingerprint density at radius 2 is 1.52 bits per heavy atom. The SMILES string of the molecule is Cc1ccc(C)c(S(=O)(=O)NC2CCCCCCC2)c1N. The van der Waals surface area contributed by atoms with E-state index in [1.54, 1.807) is 6.92 Å². The maximum absolute atomic E-state index is 12.7. The molecule has 118 valence electrons. The first-order valence-electron chi connectivity index (χ1n) is 7.80. The van der Waals surface area contributed by atoms with Gasteiger partial charge >= 0.3 is 0 Å². The third kappa shape index (κ3) is 3.98. The van der Waals surface area contributed by atoms with Crippen LogP contribution >= 0.6 is 0 Å². The molecule has 1 saturated carbocycles. The lowest BCUT2D eigenvalue weighted by Gasteiger charge is -2.22. The molecule has 21 heavy (non-hydrogen) atoms. The number of hydrogen-bond donors (Lipinski definition) is 2. The number of nitrogens with one attached hydrogen (secondary N) is 1. The predicted molar refractivity (Wildman–Crippen MR) is 86.8 cm³/mol. The standard InChI is InChI=1S/C16H26N2O2S/c1-12-10-11-13(2)16(15(12)17)21(19,20)18-14-8-6-4-3-5-7-9-14/h10-11,14,18H,3-9,17H2,1-2H3. The van der Waals surface area contributed by atoms with Crippen molar-refractivity contribution in [1.82, 2.24) is 4.72 Å². The number of rotatable bonds is 3. The van der Waals surface area contributed by atoms with Crippen LogP contribution in [-0.4, -0.2) is 14.5 Å². The lowest BCUT2D eigenvalue weighted by Crippen LogP contribution is -2.36. The molecule has 0 heterocycles.